The second-order valence-corrected chi connectivity index (χ2v) is 4.25. The summed E-state index contributed by atoms with van der Waals surface area (Å²) in [6.45, 7) is 0.269. The summed E-state index contributed by atoms with van der Waals surface area (Å²) in [7, 11) is 0. The van der Waals surface area contributed by atoms with Gasteiger partial charge in [0.1, 0.15) is 5.82 Å². The number of benzene rings is 1. The minimum absolute atomic E-state index is 0.269. The number of aliphatic hydroxyl groups excluding tert-OH is 1. The Hall–Kier alpha value is -1.61. The molecule has 1 heterocycles. The van der Waals surface area contributed by atoms with Gasteiger partial charge in [-0.1, -0.05) is 30.7 Å². The van der Waals surface area contributed by atoms with Gasteiger partial charge in [-0.15, -0.1) is 0 Å². The van der Waals surface area contributed by atoms with E-state index in [4.69, 9.17) is 10.8 Å². The summed E-state index contributed by atoms with van der Waals surface area (Å²) in [5.74, 6) is 0.584. The number of hydrogen-bond acceptors (Lipinski definition) is 3. The molecule has 17 heavy (non-hydrogen) atoms. The molecule has 0 radical (unpaired) electrons. The van der Waals surface area contributed by atoms with Crippen LogP contribution in [0.25, 0.3) is 10.8 Å². The van der Waals surface area contributed by atoms with Crippen molar-refractivity contribution in [2.24, 2.45) is 0 Å². The maximum Gasteiger partial charge on any atom is 0.124 e. The summed E-state index contributed by atoms with van der Waals surface area (Å²) in [6.07, 6.45) is 3.86. The van der Waals surface area contributed by atoms with Crippen molar-refractivity contribution in [1.29, 1.82) is 0 Å². The Labute approximate surface area is 101 Å². The standard InChI is InChI=1S/C14H18N2O/c15-14-10-11-6-3-4-7-12(11)13(16-14)8-2-1-5-9-17/h3-4,6-7,10,17H,1-2,5,8-9H2,(H2,15,16). The van der Waals surface area contributed by atoms with Crippen LogP contribution in [0.15, 0.2) is 30.3 Å². The fourth-order valence-corrected chi connectivity index (χ4v) is 2.06. The van der Waals surface area contributed by atoms with E-state index in [-0.39, 0.29) is 6.61 Å². The zero-order chi connectivity index (χ0) is 12.1. The van der Waals surface area contributed by atoms with Gasteiger partial charge in [0, 0.05) is 12.0 Å². The number of fused-ring (bicyclic) bond motifs is 1. The summed E-state index contributed by atoms with van der Waals surface area (Å²) < 4.78 is 0. The number of rotatable bonds is 5. The number of aliphatic hydroxyl groups is 1. The predicted octanol–water partition coefficient (Wildman–Crippen LogP) is 2.52. The summed E-state index contributed by atoms with van der Waals surface area (Å²) >= 11 is 0. The van der Waals surface area contributed by atoms with Gasteiger partial charge in [-0.3, -0.25) is 0 Å². The number of nitrogen functional groups attached to an aromatic ring is 1. The van der Waals surface area contributed by atoms with Gasteiger partial charge in [0.05, 0.1) is 5.69 Å². The van der Waals surface area contributed by atoms with Crippen molar-refractivity contribution in [2.45, 2.75) is 25.7 Å². The normalized spacial score (nSPS) is 10.9. The Bertz CT molecular complexity index is 497. The molecule has 90 valence electrons. The van der Waals surface area contributed by atoms with Crippen LogP contribution < -0.4 is 5.73 Å². The number of anilines is 1. The first-order valence-corrected chi connectivity index (χ1v) is 6.06. The topological polar surface area (TPSA) is 59.1 Å². The number of nitrogens with zero attached hydrogens (tertiary/aromatic N) is 1. The van der Waals surface area contributed by atoms with Gasteiger partial charge in [-0.25, -0.2) is 4.98 Å². The minimum Gasteiger partial charge on any atom is -0.396 e. The van der Waals surface area contributed by atoms with Crippen LogP contribution in [0.5, 0.6) is 0 Å². The van der Waals surface area contributed by atoms with Crippen LogP contribution in [0.2, 0.25) is 0 Å². The van der Waals surface area contributed by atoms with Crippen LogP contribution in [0.1, 0.15) is 25.0 Å². The number of aryl methyl sites for hydroxylation is 1. The van der Waals surface area contributed by atoms with E-state index in [1.807, 2.05) is 18.2 Å². The van der Waals surface area contributed by atoms with E-state index in [1.165, 1.54) is 5.39 Å². The van der Waals surface area contributed by atoms with Gasteiger partial charge < -0.3 is 10.8 Å². The molecule has 2 rings (SSSR count). The second-order valence-electron chi connectivity index (χ2n) is 4.25. The van der Waals surface area contributed by atoms with E-state index in [2.05, 4.69) is 17.1 Å². The summed E-state index contributed by atoms with van der Waals surface area (Å²) in [4.78, 5) is 4.41. The molecule has 0 saturated carbocycles. The third-order valence-corrected chi connectivity index (χ3v) is 2.91. The van der Waals surface area contributed by atoms with Crippen molar-refractivity contribution < 1.29 is 5.11 Å². The highest BCUT2D eigenvalue weighted by atomic mass is 16.2. The zero-order valence-electron chi connectivity index (χ0n) is 9.89. The number of hydrogen-bond donors (Lipinski definition) is 2. The Balaban J connectivity index is 2.20. The lowest BCUT2D eigenvalue weighted by Gasteiger charge is -2.07. The highest BCUT2D eigenvalue weighted by molar-refractivity contribution is 5.86. The number of aromatic nitrogens is 1. The largest absolute Gasteiger partial charge is 0.396 e. The van der Waals surface area contributed by atoms with Gasteiger partial charge in [0.2, 0.25) is 0 Å². The third-order valence-electron chi connectivity index (χ3n) is 2.91. The molecular formula is C14H18N2O. The first-order chi connectivity index (χ1) is 8.31. The van der Waals surface area contributed by atoms with E-state index in [0.29, 0.717) is 5.82 Å². The first kappa shape index (κ1) is 11.9. The van der Waals surface area contributed by atoms with Crippen LogP contribution in [0.3, 0.4) is 0 Å². The van der Waals surface area contributed by atoms with Gasteiger partial charge in [0.25, 0.3) is 0 Å². The minimum atomic E-state index is 0.269. The van der Waals surface area contributed by atoms with E-state index in [9.17, 15) is 0 Å². The fourth-order valence-electron chi connectivity index (χ4n) is 2.06. The van der Waals surface area contributed by atoms with Crippen molar-refractivity contribution in [3.05, 3.63) is 36.0 Å². The van der Waals surface area contributed by atoms with Gasteiger partial charge in [-0.2, -0.15) is 0 Å². The Morgan fingerprint density at radius 3 is 2.76 bits per heavy atom. The first-order valence-electron chi connectivity index (χ1n) is 6.06. The molecule has 1 aromatic carbocycles. The number of pyridine rings is 1. The van der Waals surface area contributed by atoms with Crippen molar-refractivity contribution in [3.8, 4) is 0 Å². The molecular weight excluding hydrogens is 212 g/mol. The maximum atomic E-state index is 8.74. The summed E-state index contributed by atoms with van der Waals surface area (Å²) in [5.41, 5.74) is 6.87. The molecule has 0 saturated heterocycles. The monoisotopic (exact) mass is 230 g/mol. The lowest BCUT2D eigenvalue weighted by atomic mass is 10.0. The number of nitrogens with two attached hydrogens (primary N) is 1. The molecule has 0 amide bonds. The fraction of sp³-hybridized carbons (Fsp3) is 0.357. The van der Waals surface area contributed by atoms with Crippen molar-refractivity contribution in [2.75, 3.05) is 12.3 Å². The van der Waals surface area contributed by atoms with E-state index < -0.39 is 0 Å². The molecule has 0 unspecified atom stereocenters. The van der Waals surface area contributed by atoms with Crippen LogP contribution in [-0.2, 0) is 6.42 Å². The Morgan fingerprint density at radius 2 is 1.94 bits per heavy atom. The average Bonchev–Trinajstić information content (AvgIpc) is 2.34. The quantitative estimate of drug-likeness (QED) is 0.776. The molecule has 3 nitrogen and oxygen atoms in total. The summed E-state index contributed by atoms with van der Waals surface area (Å²) in [6, 6.07) is 10.1. The highest BCUT2D eigenvalue weighted by Gasteiger charge is 2.03. The van der Waals surface area contributed by atoms with Crippen molar-refractivity contribution >= 4 is 16.6 Å². The second kappa shape index (κ2) is 5.64. The smallest absolute Gasteiger partial charge is 0.124 e. The van der Waals surface area contributed by atoms with Crippen molar-refractivity contribution in [3.63, 3.8) is 0 Å². The van der Waals surface area contributed by atoms with Gasteiger partial charge in [0.15, 0.2) is 0 Å². The lowest BCUT2D eigenvalue weighted by Crippen LogP contribution is -1.98. The van der Waals surface area contributed by atoms with Crippen LogP contribution in [-0.4, -0.2) is 16.7 Å². The molecule has 1 aromatic heterocycles. The number of unbranched alkanes of at least 4 members (excludes halogenated alkanes) is 2. The lowest BCUT2D eigenvalue weighted by molar-refractivity contribution is 0.283. The maximum absolute atomic E-state index is 8.74. The van der Waals surface area contributed by atoms with Gasteiger partial charge in [-0.05, 0) is 30.7 Å². The average molecular weight is 230 g/mol. The Morgan fingerprint density at radius 1 is 1.12 bits per heavy atom. The predicted molar refractivity (Wildman–Crippen MR) is 70.8 cm³/mol. The molecule has 0 aliphatic heterocycles. The molecule has 3 heteroatoms. The van der Waals surface area contributed by atoms with E-state index in [1.54, 1.807) is 0 Å². The molecule has 0 bridgehead atoms. The molecule has 0 aliphatic rings. The summed E-state index contributed by atoms with van der Waals surface area (Å²) in [5, 5.41) is 11.1. The molecule has 0 atom stereocenters. The SMILES string of the molecule is Nc1cc2ccccc2c(CCCCCO)n1. The highest BCUT2D eigenvalue weighted by Crippen LogP contribution is 2.21. The Kier molecular flexibility index (Phi) is 3.94. The zero-order valence-corrected chi connectivity index (χ0v) is 9.89. The molecule has 2 aromatic rings. The van der Waals surface area contributed by atoms with E-state index >= 15 is 0 Å². The molecule has 0 spiro atoms. The van der Waals surface area contributed by atoms with Gasteiger partial charge >= 0.3 is 0 Å². The van der Waals surface area contributed by atoms with Crippen LogP contribution in [0.4, 0.5) is 5.82 Å². The molecule has 3 N–H and O–H groups in total. The van der Waals surface area contributed by atoms with Crippen molar-refractivity contribution in [1.82, 2.24) is 4.98 Å². The van der Waals surface area contributed by atoms with E-state index in [0.717, 1.165) is 36.8 Å². The molecule has 0 aliphatic carbocycles. The van der Waals surface area contributed by atoms with Crippen LogP contribution >= 0.6 is 0 Å². The molecule has 0 fully saturated rings. The third kappa shape index (κ3) is 2.94. The van der Waals surface area contributed by atoms with Crippen LogP contribution in [0, 0.1) is 0 Å².